The molecule has 0 aliphatic carbocycles. The van der Waals surface area contributed by atoms with Gasteiger partial charge in [0.25, 0.3) is 0 Å². The maximum absolute atomic E-state index is 5.13. The molecule has 72 valence electrons. The molecule has 0 spiro atoms. The fourth-order valence-corrected chi connectivity index (χ4v) is 1.04. The third-order valence-corrected chi connectivity index (χ3v) is 1.71. The van der Waals surface area contributed by atoms with Crippen molar-refractivity contribution in [3.05, 3.63) is 11.9 Å². The second-order valence-electron chi connectivity index (χ2n) is 2.97. The van der Waals surface area contributed by atoms with E-state index < -0.39 is 0 Å². The van der Waals surface area contributed by atoms with Crippen LogP contribution in [0, 0.1) is 0 Å². The van der Waals surface area contributed by atoms with E-state index in [1.807, 2.05) is 13.8 Å². The number of aromatic nitrogens is 2. The van der Waals surface area contributed by atoms with Gasteiger partial charge in [0.05, 0.1) is 26.1 Å². The highest BCUT2D eigenvalue weighted by Gasteiger charge is 2.10. The molecule has 0 saturated heterocycles. The predicted molar refractivity (Wildman–Crippen MR) is 49.2 cm³/mol. The number of hydrogen-bond acceptors (Lipinski definition) is 4. The van der Waals surface area contributed by atoms with Gasteiger partial charge in [0.2, 0.25) is 0 Å². The molecule has 0 amide bonds. The normalized spacial score (nSPS) is 10.2. The van der Waals surface area contributed by atoms with Crippen molar-refractivity contribution in [2.45, 2.75) is 19.8 Å². The van der Waals surface area contributed by atoms with Gasteiger partial charge in [0, 0.05) is 0 Å². The summed E-state index contributed by atoms with van der Waals surface area (Å²) in [5.74, 6) is 1.00. The summed E-state index contributed by atoms with van der Waals surface area (Å²) >= 11 is 0. The quantitative estimate of drug-likeness (QED) is 0.712. The van der Waals surface area contributed by atoms with Crippen LogP contribution in [-0.4, -0.2) is 24.2 Å². The standard InChI is InChI=1S/C9H14N2O2/c1-6(2)8-7(12-3)5-10-9(11-8)13-4/h5-6H,1-4H3. The van der Waals surface area contributed by atoms with Gasteiger partial charge in [-0.3, -0.25) is 0 Å². The van der Waals surface area contributed by atoms with Crippen LogP contribution in [0.3, 0.4) is 0 Å². The molecule has 1 rings (SSSR count). The summed E-state index contributed by atoms with van der Waals surface area (Å²) in [5, 5.41) is 0. The molecule has 0 fully saturated rings. The van der Waals surface area contributed by atoms with Crippen LogP contribution in [0.5, 0.6) is 11.8 Å². The van der Waals surface area contributed by atoms with E-state index >= 15 is 0 Å². The highest BCUT2D eigenvalue weighted by atomic mass is 16.5. The zero-order valence-electron chi connectivity index (χ0n) is 8.37. The lowest BCUT2D eigenvalue weighted by Crippen LogP contribution is -2.01. The van der Waals surface area contributed by atoms with Crippen LogP contribution < -0.4 is 9.47 Å². The molecule has 1 aromatic rings. The van der Waals surface area contributed by atoms with Crippen LogP contribution >= 0.6 is 0 Å². The lowest BCUT2D eigenvalue weighted by molar-refractivity contribution is 0.362. The fraction of sp³-hybridized carbons (Fsp3) is 0.556. The average Bonchev–Trinajstić information content (AvgIpc) is 2.16. The Labute approximate surface area is 77.9 Å². The molecule has 4 heteroatoms. The summed E-state index contributed by atoms with van der Waals surface area (Å²) in [4.78, 5) is 8.16. The van der Waals surface area contributed by atoms with Gasteiger partial charge < -0.3 is 9.47 Å². The first-order valence-corrected chi connectivity index (χ1v) is 4.14. The Hall–Kier alpha value is -1.32. The molecule has 0 radical (unpaired) electrons. The van der Waals surface area contributed by atoms with E-state index in [0.717, 1.165) is 5.69 Å². The highest BCUT2D eigenvalue weighted by molar-refractivity contribution is 5.28. The fourth-order valence-electron chi connectivity index (χ4n) is 1.04. The first-order chi connectivity index (χ1) is 6.19. The van der Waals surface area contributed by atoms with Crippen molar-refractivity contribution in [3.8, 4) is 11.8 Å². The topological polar surface area (TPSA) is 44.2 Å². The molecule has 0 atom stereocenters. The summed E-state index contributed by atoms with van der Waals surface area (Å²) in [7, 11) is 3.16. The third kappa shape index (κ3) is 2.08. The number of rotatable bonds is 3. The maximum atomic E-state index is 5.13. The Bertz CT molecular complexity index is 287. The molecular weight excluding hydrogens is 168 g/mol. The van der Waals surface area contributed by atoms with Crippen molar-refractivity contribution in [2.75, 3.05) is 14.2 Å². The van der Waals surface area contributed by atoms with Gasteiger partial charge in [-0.2, -0.15) is 9.97 Å². The van der Waals surface area contributed by atoms with Crippen LogP contribution in [0.1, 0.15) is 25.5 Å². The summed E-state index contributed by atoms with van der Waals surface area (Å²) in [6.07, 6.45) is 1.63. The molecule has 0 aromatic carbocycles. The van der Waals surface area contributed by atoms with Crippen molar-refractivity contribution in [1.29, 1.82) is 0 Å². The van der Waals surface area contributed by atoms with Gasteiger partial charge in [0.15, 0.2) is 5.75 Å². The minimum Gasteiger partial charge on any atom is -0.493 e. The molecule has 0 saturated carbocycles. The molecule has 1 heterocycles. The van der Waals surface area contributed by atoms with Gasteiger partial charge >= 0.3 is 6.01 Å². The molecule has 0 aliphatic rings. The van der Waals surface area contributed by atoms with E-state index in [4.69, 9.17) is 9.47 Å². The Kier molecular flexibility index (Phi) is 3.06. The molecule has 0 bridgehead atoms. The third-order valence-electron chi connectivity index (χ3n) is 1.71. The van der Waals surface area contributed by atoms with Crippen LogP contribution in [0.15, 0.2) is 6.20 Å². The lowest BCUT2D eigenvalue weighted by atomic mass is 10.1. The summed E-state index contributed by atoms with van der Waals surface area (Å²) in [5.41, 5.74) is 0.870. The van der Waals surface area contributed by atoms with Crippen LogP contribution in [-0.2, 0) is 0 Å². The largest absolute Gasteiger partial charge is 0.493 e. The lowest BCUT2D eigenvalue weighted by Gasteiger charge is -2.10. The Morgan fingerprint density at radius 3 is 2.38 bits per heavy atom. The number of hydrogen-bond donors (Lipinski definition) is 0. The van der Waals surface area contributed by atoms with E-state index in [2.05, 4.69) is 9.97 Å². The Balaban J connectivity index is 3.10. The minimum atomic E-state index is 0.298. The Morgan fingerprint density at radius 2 is 1.92 bits per heavy atom. The van der Waals surface area contributed by atoms with E-state index in [1.165, 1.54) is 0 Å². The first kappa shape index (κ1) is 9.77. The zero-order chi connectivity index (χ0) is 9.84. The van der Waals surface area contributed by atoms with Gasteiger partial charge in [0.1, 0.15) is 0 Å². The monoisotopic (exact) mass is 182 g/mol. The summed E-state index contributed by atoms with van der Waals surface area (Å²) in [6, 6.07) is 0.379. The smallest absolute Gasteiger partial charge is 0.316 e. The van der Waals surface area contributed by atoms with Crippen molar-refractivity contribution in [1.82, 2.24) is 9.97 Å². The maximum Gasteiger partial charge on any atom is 0.316 e. The van der Waals surface area contributed by atoms with Crippen LogP contribution in [0.4, 0.5) is 0 Å². The average molecular weight is 182 g/mol. The highest BCUT2D eigenvalue weighted by Crippen LogP contribution is 2.24. The molecule has 0 aliphatic heterocycles. The van der Waals surface area contributed by atoms with E-state index in [0.29, 0.717) is 17.7 Å². The van der Waals surface area contributed by atoms with Crippen LogP contribution in [0.25, 0.3) is 0 Å². The van der Waals surface area contributed by atoms with Crippen LogP contribution in [0.2, 0.25) is 0 Å². The van der Waals surface area contributed by atoms with Gasteiger partial charge in [-0.15, -0.1) is 0 Å². The molecule has 4 nitrogen and oxygen atoms in total. The van der Waals surface area contributed by atoms with Crippen molar-refractivity contribution in [2.24, 2.45) is 0 Å². The molecular formula is C9H14N2O2. The molecule has 1 aromatic heterocycles. The second kappa shape index (κ2) is 4.07. The SMILES string of the molecule is COc1ncc(OC)c(C(C)C)n1. The van der Waals surface area contributed by atoms with E-state index in [-0.39, 0.29) is 0 Å². The summed E-state index contributed by atoms with van der Waals surface area (Å²) < 4.78 is 10.1. The van der Waals surface area contributed by atoms with E-state index in [9.17, 15) is 0 Å². The predicted octanol–water partition coefficient (Wildman–Crippen LogP) is 1.62. The van der Waals surface area contributed by atoms with Gasteiger partial charge in [-0.1, -0.05) is 13.8 Å². The zero-order valence-corrected chi connectivity index (χ0v) is 8.37. The molecule has 0 N–H and O–H groups in total. The molecule has 13 heavy (non-hydrogen) atoms. The van der Waals surface area contributed by atoms with Crippen molar-refractivity contribution < 1.29 is 9.47 Å². The minimum absolute atomic E-state index is 0.298. The number of ether oxygens (including phenoxy) is 2. The molecule has 0 unspecified atom stereocenters. The van der Waals surface area contributed by atoms with Gasteiger partial charge in [-0.05, 0) is 5.92 Å². The van der Waals surface area contributed by atoms with E-state index in [1.54, 1.807) is 20.4 Å². The van der Waals surface area contributed by atoms with Gasteiger partial charge in [-0.25, -0.2) is 0 Å². The second-order valence-corrected chi connectivity index (χ2v) is 2.97. The number of methoxy groups -OCH3 is 2. The van der Waals surface area contributed by atoms with Crippen molar-refractivity contribution in [3.63, 3.8) is 0 Å². The number of nitrogens with zero attached hydrogens (tertiary/aromatic N) is 2. The Morgan fingerprint density at radius 1 is 1.23 bits per heavy atom. The van der Waals surface area contributed by atoms with Crippen molar-refractivity contribution >= 4 is 0 Å². The summed E-state index contributed by atoms with van der Waals surface area (Å²) in [6.45, 7) is 4.09. The first-order valence-electron chi connectivity index (χ1n) is 4.14.